The minimum Gasteiger partial charge on any atom is -0.462 e. The standard InChI is InChI=1S/C11H14BrNO2/c1-8(2)5-7-15-11(14)9-4-3-6-13-10(9)12/h3-4,6,8H,5,7H2,1-2H3. The Morgan fingerprint density at radius 3 is 2.93 bits per heavy atom. The number of halogens is 1. The Kier molecular flexibility index (Phi) is 4.75. The Bertz CT molecular complexity index is 339. The largest absolute Gasteiger partial charge is 0.462 e. The maximum Gasteiger partial charge on any atom is 0.340 e. The molecule has 0 spiro atoms. The molecule has 0 aliphatic carbocycles. The summed E-state index contributed by atoms with van der Waals surface area (Å²) < 4.78 is 5.64. The number of esters is 1. The molecule has 0 bridgehead atoms. The van der Waals surface area contributed by atoms with Gasteiger partial charge in [0, 0.05) is 6.20 Å². The number of hydrogen-bond donors (Lipinski definition) is 0. The lowest BCUT2D eigenvalue weighted by molar-refractivity contribution is 0.0486. The number of carbonyl (C=O) groups excluding carboxylic acids is 1. The second kappa shape index (κ2) is 5.85. The van der Waals surface area contributed by atoms with E-state index in [4.69, 9.17) is 4.74 Å². The molecule has 0 saturated carbocycles. The monoisotopic (exact) mass is 271 g/mol. The molecule has 4 heteroatoms. The van der Waals surface area contributed by atoms with Crippen LogP contribution < -0.4 is 0 Å². The van der Waals surface area contributed by atoms with Crippen LogP contribution in [0, 0.1) is 5.92 Å². The lowest BCUT2D eigenvalue weighted by Gasteiger charge is -2.07. The first-order chi connectivity index (χ1) is 7.11. The molecular formula is C11H14BrNO2. The molecule has 1 heterocycles. The van der Waals surface area contributed by atoms with Crippen LogP contribution in [0.2, 0.25) is 0 Å². The van der Waals surface area contributed by atoms with Gasteiger partial charge < -0.3 is 4.74 Å². The van der Waals surface area contributed by atoms with E-state index in [-0.39, 0.29) is 5.97 Å². The van der Waals surface area contributed by atoms with E-state index in [2.05, 4.69) is 34.8 Å². The molecule has 0 unspecified atom stereocenters. The van der Waals surface area contributed by atoms with Gasteiger partial charge in [0.05, 0.1) is 12.2 Å². The Labute approximate surface area is 98.0 Å². The summed E-state index contributed by atoms with van der Waals surface area (Å²) in [4.78, 5) is 15.5. The molecule has 0 atom stereocenters. The SMILES string of the molecule is CC(C)CCOC(=O)c1cccnc1Br. The van der Waals surface area contributed by atoms with Gasteiger partial charge in [-0.3, -0.25) is 0 Å². The highest BCUT2D eigenvalue weighted by Gasteiger charge is 2.11. The number of nitrogens with zero attached hydrogens (tertiary/aromatic N) is 1. The summed E-state index contributed by atoms with van der Waals surface area (Å²) in [5, 5.41) is 0. The summed E-state index contributed by atoms with van der Waals surface area (Å²) in [5.41, 5.74) is 0.473. The van der Waals surface area contributed by atoms with E-state index in [1.165, 1.54) is 0 Å². The first-order valence-corrected chi connectivity index (χ1v) is 5.68. The molecule has 15 heavy (non-hydrogen) atoms. The number of rotatable bonds is 4. The van der Waals surface area contributed by atoms with E-state index in [1.54, 1.807) is 18.3 Å². The van der Waals surface area contributed by atoms with Gasteiger partial charge in [0.15, 0.2) is 0 Å². The van der Waals surface area contributed by atoms with E-state index in [0.29, 0.717) is 22.7 Å². The zero-order chi connectivity index (χ0) is 11.3. The second-order valence-corrected chi connectivity index (χ2v) is 4.41. The summed E-state index contributed by atoms with van der Waals surface area (Å²) in [7, 11) is 0. The molecule has 0 amide bonds. The summed E-state index contributed by atoms with van der Waals surface area (Å²) >= 11 is 3.21. The van der Waals surface area contributed by atoms with Gasteiger partial charge in [-0.2, -0.15) is 0 Å². The predicted octanol–water partition coefficient (Wildman–Crippen LogP) is 3.05. The number of hydrogen-bond acceptors (Lipinski definition) is 3. The third kappa shape index (κ3) is 4.00. The smallest absolute Gasteiger partial charge is 0.340 e. The Balaban J connectivity index is 2.51. The number of ether oxygens (including phenoxy) is 1. The zero-order valence-corrected chi connectivity index (χ0v) is 10.5. The van der Waals surface area contributed by atoms with Crippen LogP contribution in [-0.4, -0.2) is 17.6 Å². The Morgan fingerprint density at radius 1 is 1.60 bits per heavy atom. The summed E-state index contributed by atoms with van der Waals surface area (Å²) in [6.07, 6.45) is 2.50. The molecule has 3 nitrogen and oxygen atoms in total. The molecule has 1 aromatic heterocycles. The van der Waals surface area contributed by atoms with Crippen molar-refractivity contribution in [2.45, 2.75) is 20.3 Å². The molecule has 1 aromatic rings. The van der Waals surface area contributed by atoms with Crippen molar-refractivity contribution in [1.29, 1.82) is 0 Å². The Hall–Kier alpha value is -0.900. The van der Waals surface area contributed by atoms with E-state index < -0.39 is 0 Å². The molecule has 0 saturated heterocycles. The predicted molar refractivity (Wildman–Crippen MR) is 61.7 cm³/mol. The number of pyridine rings is 1. The van der Waals surface area contributed by atoms with Crippen LogP contribution >= 0.6 is 15.9 Å². The van der Waals surface area contributed by atoms with Crippen molar-refractivity contribution >= 4 is 21.9 Å². The lowest BCUT2D eigenvalue weighted by atomic mass is 10.1. The molecule has 0 fully saturated rings. The highest BCUT2D eigenvalue weighted by Crippen LogP contribution is 2.14. The van der Waals surface area contributed by atoms with Crippen molar-refractivity contribution < 1.29 is 9.53 Å². The second-order valence-electron chi connectivity index (χ2n) is 3.66. The average Bonchev–Trinajstić information content (AvgIpc) is 2.17. The van der Waals surface area contributed by atoms with Crippen molar-refractivity contribution in [1.82, 2.24) is 4.98 Å². The summed E-state index contributed by atoms with van der Waals surface area (Å²) in [6, 6.07) is 3.40. The number of carbonyl (C=O) groups is 1. The molecule has 82 valence electrons. The Morgan fingerprint density at radius 2 is 2.33 bits per heavy atom. The van der Waals surface area contributed by atoms with Crippen LogP contribution in [0.4, 0.5) is 0 Å². The molecule has 0 aliphatic rings. The third-order valence-corrected chi connectivity index (χ3v) is 2.54. The van der Waals surface area contributed by atoms with Gasteiger partial charge in [0.1, 0.15) is 4.60 Å². The maximum absolute atomic E-state index is 11.6. The van der Waals surface area contributed by atoms with Gasteiger partial charge in [0.2, 0.25) is 0 Å². The molecule has 0 aromatic carbocycles. The lowest BCUT2D eigenvalue weighted by Crippen LogP contribution is -2.09. The van der Waals surface area contributed by atoms with Gasteiger partial charge in [-0.25, -0.2) is 9.78 Å². The van der Waals surface area contributed by atoms with Crippen molar-refractivity contribution in [3.8, 4) is 0 Å². The van der Waals surface area contributed by atoms with Crippen LogP contribution in [0.3, 0.4) is 0 Å². The van der Waals surface area contributed by atoms with Gasteiger partial charge >= 0.3 is 5.97 Å². The fourth-order valence-corrected chi connectivity index (χ4v) is 1.42. The number of aromatic nitrogens is 1. The highest BCUT2D eigenvalue weighted by molar-refractivity contribution is 9.10. The molecular weight excluding hydrogens is 258 g/mol. The van der Waals surface area contributed by atoms with Crippen LogP contribution in [0.1, 0.15) is 30.6 Å². The topological polar surface area (TPSA) is 39.2 Å². The minimum absolute atomic E-state index is 0.323. The van der Waals surface area contributed by atoms with Gasteiger partial charge in [0.25, 0.3) is 0 Å². The van der Waals surface area contributed by atoms with Gasteiger partial charge in [-0.15, -0.1) is 0 Å². The van der Waals surface area contributed by atoms with Crippen molar-refractivity contribution in [3.63, 3.8) is 0 Å². The van der Waals surface area contributed by atoms with Crippen LogP contribution in [0.25, 0.3) is 0 Å². The molecule has 0 N–H and O–H groups in total. The molecule has 0 aliphatic heterocycles. The van der Waals surface area contributed by atoms with Crippen molar-refractivity contribution in [2.75, 3.05) is 6.61 Å². The summed E-state index contributed by atoms with van der Waals surface area (Å²) in [5.74, 6) is 0.214. The summed E-state index contributed by atoms with van der Waals surface area (Å²) in [6.45, 7) is 4.64. The molecule has 1 rings (SSSR count). The van der Waals surface area contributed by atoms with E-state index in [9.17, 15) is 4.79 Å². The van der Waals surface area contributed by atoms with Gasteiger partial charge in [-0.1, -0.05) is 13.8 Å². The quantitative estimate of drug-likeness (QED) is 0.624. The van der Waals surface area contributed by atoms with E-state index in [0.717, 1.165) is 6.42 Å². The van der Waals surface area contributed by atoms with E-state index >= 15 is 0 Å². The first-order valence-electron chi connectivity index (χ1n) is 4.89. The normalized spacial score (nSPS) is 10.4. The first kappa shape index (κ1) is 12.2. The van der Waals surface area contributed by atoms with Crippen LogP contribution in [0.5, 0.6) is 0 Å². The highest BCUT2D eigenvalue weighted by atomic mass is 79.9. The fraction of sp³-hybridized carbons (Fsp3) is 0.455. The molecule has 0 radical (unpaired) electrons. The average molecular weight is 272 g/mol. The maximum atomic E-state index is 11.6. The van der Waals surface area contributed by atoms with Gasteiger partial charge in [-0.05, 0) is 40.4 Å². The van der Waals surface area contributed by atoms with Crippen molar-refractivity contribution in [3.05, 3.63) is 28.5 Å². The van der Waals surface area contributed by atoms with Crippen LogP contribution in [0.15, 0.2) is 22.9 Å². The fourth-order valence-electron chi connectivity index (χ4n) is 1.00. The minimum atomic E-state index is -0.323. The van der Waals surface area contributed by atoms with Crippen LogP contribution in [-0.2, 0) is 4.74 Å². The third-order valence-electron chi connectivity index (χ3n) is 1.91. The van der Waals surface area contributed by atoms with Crippen molar-refractivity contribution in [2.24, 2.45) is 5.92 Å². The van der Waals surface area contributed by atoms with E-state index in [1.807, 2.05) is 0 Å². The zero-order valence-electron chi connectivity index (χ0n) is 8.87.